The van der Waals surface area contributed by atoms with Crippen LogP contribution in [0.1, 0.15) is 30.5 Å². The summed E-state index contributed by atoms with van der Waals surface area (Å²) in [6.07, 6.45) is 4.08. The van der Waals surface area contributed by atoms with E-state index < -0.39 is 17.3 Å². The minimum atomic E-state index is -0.541. The van der Waals surface area contributed by atoms with Gasteiger partial charge < -0.3 is 14.8 Å². The van der Waals surface area contributed by atoms with E-state index in [1.165, 1.54) is 18.3 Å². The van der Waals surface area contributed by atoms with Crippen LogP contribution in [0.4, 0.5) is 14.5 Å². The summed E-state index contributed by atoms with van der Waals surface area (Å²) in [5.41, 5.74) is 1.86. The number of piperazine rings is 1. The molecule has 0 spiro atoms. The number of pyridine rings is 2. The number of nitrogens with zero attached hydrogens (tertiary/aromatic N) is 3. The van der Waals surface area contributed by atoms with Crippen molar-refractivity contribution in [3.05, 3.63) is 69.9 Å². The Labute approximate surface area is 183 Å². The van der Waals surface area contributed by atoms with Crippen LogP contribution in [0.3, 0.4) is 0 Å². The van der Waals surface area contributed by atoms with Crippen LogP contribution >= 0.6 is 0 Å². The normalized spacial score (nSPS) is 20.2. The van der Waals surface area contributed by atoms with Gasteiger partial charge in [-0.25, -0.2) is 9.37 Å². The minimum absolute atomic E-state index is 0.0597. The zero-order valence-electron chi connectivity index (χ0n) is 17.8. The molecule has 0 saturated carbocycles. The second-order valence-electron chi connectivity index (χ2n) is 8.71. The van der Waals surface area contributed by atoms with Gasteiger partial charge in [0.25, 0.3) is 5.56 Å². The van der Waals surface area contributed by atoms with Gasteiger partial charge in [0.05, 0.1) is 17.3 Å². The average molecular weight is 438 g/mol. The number of halogens is 2. The van der Waals surface area contributed by atoms with Crippen molar-refractivity contribution >= 4 is 22.4 Å². The lowest BCUT2D eigenvalue weighted by Crippen LogP contribution is -2.56. The fraction of sp³-hybridized carbons (Fsp3) is 0.375. The number of aromatic nitrogens is 2. The maximum absolute atomic E-state index is 14.1. The summed E-state index contributed by atoms with van der Waals surface area (Å²) in [7, 11) is 0. The van der Waals surface area contributed by atoms with E-state index in [0.29, 0.717) is 30.6 Å². The lowest BCUT2D eigenvalue weighted by atomic mass is 10.0. The molecule has 2 fully saturated rings. The first-order valence-electron chi connectivity index (χ1n) is 10.9. The molecular weight excluding hydrogens is 414 g/mol. The molecule has 6 nitrogen and oxygen atoms in total. The van der Waals surface area contributed by atoms with E-state index in [-0.39, 0.29) is 29.8 Å². The number of aryl methyl sites for hydroxylation is 2. The summed E-state index contributed by atoms with van der Waals surface area (Å²) in [5.74, 6) is -0.984. The number of fused-ring (bicyclic) bond motifs is 3. The van der Waals surface area contributed by atoms with Gasteiger partial charge in [-0.05, 0) is 61.4 Å². The van der Waals surface area contributed by atoms with Gasteiger partial charge in [0.2, 0.25) is 11.9 Å². The monoisotopic (exact) mass is 438 g/mol. The Balaban J connectivity index is 1.29. The number of nitrogens with one attached hydrogen (secondary N) is 1. The number of carbonyl (C=O) groups excluding carboxylic acids is 1. The maximum atomic E-state index is 14.1. The molecule has 5 rings (SSSR count). The van der Waals surface area contributed by atoms with Crippen LogP contribution in [0.25, 0.3) is 10.8 Å². The van der Waals surface area contributed by atoms with Crippen LogP contribution < -0.4 is 10.5 Å². The first-order chi connectivity index (χ1) is 15.4. The fourth-order valence-electron chi connectivity index (χ4n) is 5.11. The molecule has 3 aromatic rings. The first kappa shape index (κ1) is 20.6. The zero-order chi connectivity index (χ0) is 22.4. The Morgan fingerprint density at radius 1 is 1.16 bits per heavy atom. The van der Waals surface area contributed by atoms with Gasteiger partial charge in [0.15, 0.2) is 0 Å². The molecule has 2 atom stereocenters. The van der Waals surface area contributed by atoms with Crippen molar-refractivity contribution in [1.29, 1.82) is 0 Å². The molecule has 166 valence electrons. The highest BCUT2D eigenvalue weighted by Crippen LogP contribution is 2.33. The zero-order valence-corrected chi connectivity index (χ0v) is 17.8. The van der Waals surface area contributed by atoms with Gasteiger partial charge in [0.1, 0.15) is 5.82 Å². The van der Waals surface area contributed by atoms with E-state index in [4.69, 9.17) is 0 Å². The van der Waals surface area contributed by atoms with Crippen molar-refractivity contribution in [3.63, 3.8) is 0 Å². The van der Waals surface area contributed by atoms with Crippen LogP contribution in [0.5, 0.6) is 0 Å². The van der Waals surface area contributed by atoms with Gasteiger partial charge in [-0.3, -0.25) is 9.59 Å². The Morgan fingerprint density at radius 2 is 1.91 bits per heavy atom. The number of carbonyl (C=O) groups is 1. The summed E-state index contributed by atoms with van der Waals surface area (Å²) >= 11 is 0. The van der Waals surface area contributed by atoms with E-state index in [9.17, 15) is 18.4 Å². The molecule has 4 heterocycles. The topological polar surface area (TPSA) is 69.3 Å². The van der Waals surface area contributed by atoms with E-state index in [1.54, 1.807) is 18.2 Å². The van der Waals surface area contributed by atoms with E-state index in [2.05, 4.69) is 14.9 Å². The molecule has 1 amide bonds. The third-order valence-electron chi connectivity index (χ3n) is 6.69. The van der Waals surface area contributed by atoms with Crippen LogP contribution in [0, 0.1) is 18.7 Å². The predicted molar refractivity (Wildman–Crippen MR) is 118 cm³/mol. The van der Waals surface area contributed by atoms with Gasteiger partial charge >= 0.3 is 0 Å². The SMILES string of the molecule is Cc1ccc(F)c2c(=O)[nH]c(CCC(=O)N3C4CCC3CN(c3ccc(F)nc3)C4)cc12. The summed E-state index contributed by atoms with van der Waals surface area (Å²) in [6.45, 7) is 3.23. The highest BCUT2D eigenvalue weighted by Gasteiger charge is 2.42. The third kappa shape index (κ3) is 3.63. The Bertz CT molecular complexity index is 1230. The number of amides is 1. The third-order valence-corrected chi connectivity index (χ3v) is 6.69. The predicted octanol–water partition coefficient (Wildman–Crippen LogP) is 3.32. The van der Waals surface area contributed by atoms with Crippen molar-refractivity contribution < 1.29 is 13.6 Å². The molecule has 0 radical (unpaired) electrons. The number of rotatable bonds is 4. The Hall–Kier alpha value is -3.29. The number of anilines is 1. The molecule has 8 heteroatoms. The smallest absolute Gasteiger partial charge is 0.259 e. The first-order valence-corrected chi connectivity index (χ1v) is 10.9. The molecule has 1 N–H and O–H groups in total. The molecule has 0 aliphatic carbocycles. The highest BCUT2D eigenvalue weighted by atomic mass is 19.1. The number of hydrogen-bond acceptors (Lipinski definition) is 4. The lowest BCUT2D eigenvalue weighted by Gasteiger charge is -2.42. The maximum Gasteiger partial charge on any atom is 0.259 e. The van der Waals surface area contributed by atoms with Crippen LogP contribution in [0.15, 0.2) is 41.3 Å². The van der Waals surface area contributed by atoms with Crippen LogP contribution in [-0.2, 0) is 11.2 Å². The van der Waals surface area contributed by atoms with Crippen molar-refractivity contribution in [2.45, 2.75) is 44.7 Å². The van der Waals surface area contributed by atoms with Gasteiger partial charge in [-0.1, -0.05) is 6.07 Å². The van der Waals surface area contributed by atoms with E-state index >= 15 is 0 Å². The lowest BCUT2D eigenvalue weighted by molar-refractivity contribution is -0.134. The van der Waals surface area contributed by atoms with Gasteiger partial charge in [-0.15, -0.1) is 0 Å². The minimum Gasteiger partial charge on any atom is -0.366 e. The second-order valence-corrected chi connectivity index (χ2v) is 8.71. The van der Waals surface area contributed by atoms with Crippen molar-refractivity contribution in [1.82, 2.24) is 14.9 Å². The summed E-state index contributed by atoms with van der Waals surface area (Å²) in [4.78, 5) is 36.1. The summed E-state index contributed by atoms with van der Waals surface area (Å²) < 4.78 is 27.2. The quantitative estimate of drug-likeness (QED) is 0.635. The molecule has 2 saturated heterocycles. The Kier molecular flexibility index (Phi) is 5.15. The van der Waals surface area contributed by atoms with E-state index in [0.717, 1.165) is 24.1 Å². The highest BCUT2D eigenvalue weighted by molar-refractivity contribution is 5.85. The second kappa shape index (κ2) is 8.00. The molecule has 2 aliphatic heterocycles. The van der Waals surface area contributed by atoms with Gasteiger partial charge in [-0.2, -0.15) is 4.39 Å². The standard InChI is InChI=1S/C24H24F2N4O2/c1-14-2-7-20(25)23-19(14)10-15(28-24(23)32)3-9-22(31)30-17-4-5-18(30)13-29(12-17)16-6-8-21(26)27-11-16/h2,6-8,10-11,17-18H,3-5,9,12-13H2,1H3,(H,28,32). The number of hydrogen-bond donors (Lipinski definition) is 1. The van der Waals surface area contributed by atoms with Crippen LogP contribution in [0.2, 0.25) is 0 Å². The van der Waals surface area contributed by atoms with Crippen LogP contribution in [-0.4, -0.2) is 45.9 Å². The molecule has 2 bridgehead atoms. The Morgan fingerprint density at radius 3 is 2.59 bits per heavy atom. The summed E-state index contributed by atoms with van der Waals surface area (Å²) in [6, 6.07) is 8.02. The van der Waals surface area contributed by atoms with E-state index in [1.807, 2.05) is 11.8 Å². The largest absolute Gasteiger partial charge is 0.366 e. The van der Waals surface area contributed by atoms with Gasteiger partial charge in [0, 0.05) is 37.3 Å². The van der Waals surface area contributed by atoms with Crippen molar-refractivity contribution in [2.75, 3.05) is 18.0 Å². The van der Waals surface area contributed by atoms with Crippen molar-refractivity contribution in [2.24, 2.45) is 0 Å². The number of aromatic amines is 1. The molecule has 2 aromatic heterocycles. The molecule has 1 aromatic carbocycles. The molecule has 2 unspecified atom stereocenters. The van der Waals surface area contributed by atoms with Crippen molar-refractivity contribution in [3.8, 4) is 0 Å². The summed E-state index contributed by atoms with van der Waals surface area (Å²) in [5, 5.41) is 0.641. The number of benzene rings is 1. The fourth-order valence-corrected chi connectivity index (χ4v) is 5.11. The molecule has 2 aliphatic rings. The number of H-pyrrole nitrogens is 1. The molecule has 32 heavy (non-hydrogen) atoms. The average Bonchev–Trinajstić information content (AvgIpc) is 3.04. The molecular formula is C24H24F2N4O2.